The van der Waals surface area contributed by atoms with Crippen LogP contribution in [0.5, 0.6) is 0 Å². The zero-order valence-electron chi connectivity index (χ0n) is 7.97. The van der Waals surface area contributed by atoms with Gasteiger partial charge in [0.05, 0.1) is 33.1 Å². The zero-order valence-corrected chi connectivity index (χ0v) is 11.1. The van der Waals surface area contributed by atoms with Gasteiger partial charge in [-0.25, -0.2) is 4.79 Å². The van der Waals surface area contributed by atoms with Crippen molar-refractivity contribution >= 4 is 56.0 Å². The van der Waals surface area contributed by atoms with Crippen LogP contribution < -0.4 is 0 Å². The molecule has 16 heavy (non-hydrogen) atoms. The fraction of sp³-hybridized carbons (Fsp3) is 0.111. The lowest BCUT2D eigenvalue weighted by Gasteiger charge is -2.05. The van der Waals surface area contributed by atoms with Crippen LogP contribution in [0.15, 0.2) is 10.5 Å². The second kappa shape index (κ2) is 4.24. The summed E-state index contributed by atoms with van der Waals surface area (Å²) in [6, 6.07) is 1.61. The fourth-order valence-electron chi connectivity index (χ4n) is 1.38. The van der Waals surface area contributed by atoms with Crippen molar-refractivity contribution in [3.63, 3.8) is 0 Å². The minimum atomic E-state index is -0.525. The summed E-state index contributed by atoms with van der Waals surface area (Å²) < 4.78 is 5.12. The summed E-state index contributed by atoms with van der Waals surface area (Å²) in [4.78, 5) is 11.6. The predicted octanol–water partition coefficient (Wildman–Crippen LogP) is 3.42. The van der Waals surface area contributed by atoms with Crippen LogP contribution in [0.25, 0.3) is 10.9 Å². The van der Waals surface area contributed by atoms with Crippen LogP contribution in [0.1, 0.15) is 10.4 Å². The van der Waals surface area contributed by atoms with Gasteiger partial charge in [0.1, 0.15) is 5.15 Å². The molecule has 0 saturated heterocycles. The molecule has 0 atom stereocenters. The van der Waals surface area contributed by atoms with Crippen molar-refractivity contribution in [2.45, 2.75) is 0 Å². The summed E-state index contributed by atoms with van der Waals surface area (Å²) in [7, 11) is 1.29. The SMILES string of the molecule is COC(=O)c1c(Br)c(Cl)cc2n[nH]c(Cl)c12. The van der Waals surface area contributed by atoms with Crippen molar-refractivity contribution in [1.82, 2.24) is 10.2 Å². The number of benzene rings is 1. The number of ether oxygens (including phenoxy) is 1. The maximum atomic E-state index is 11.6. The predicted molar refractivity (Wildman–Crippen MR) is 65.2 cm³/mol. The van der Waals surface area contributed by atoms with Gasteiger partial charge in [-0.15, -0.1) is 0 Å². The highest BCUT2D eigenvalue weighted by Gasteiger charge is 2.21. The Bertz CT molecular complexity index is 582. The Hall–Kier alpha value is -0.780. The molecule has 0 bridgehead atoms. The van der Waals surface area contributed by atoms with Gasteiger partial charge in [-0.05, 0) is 22.0 Å². The number of H-pyrrole nitrogens is 1. The van der Waals surface area contributed by atoms with Crippen LogP contribution in [0.3, 0.4) is 0 Å². The second-order valence-electron chi connectivity index (χ2n) is 2.97. The quantitative estimate of drug-likeness (QED) is 0.818. The molecule has 1 aromatic carbocycles. The summed E-state index contributed by atoms with van der Waals surface area (Å²) in [5, 5.41) is 7.64. The first-order valence-electron chi connectivity index (χ1n) is 4.16. The second-order valence-corrected chi connectivity index (χ2v) is 4.55. The van der Waals surface area contributed by atoms with Crippen LogP contribution in [-0.2, 0) is 4.74 Å². The van der Waals surface area contributed by atoms with E-state index in [0.717, 1.165) is 0 Å². The van der Waals surface area contributed by atoms with Crippen LogP contribution in [0.4, 0.5) is 0 Å². The number of nitrogens with zero attached hydrogens (tertiary/aromatic N) is 1. The normalized spacial score (nSPS) is 10.8. The Morgan fingerprint density at radius 2 is 2.25 bits per heavy atom. The zero-order chi connectivity index (χ0) is 11.9. The van der Waals surface area contributed by atoms with Crippen LogP contribution in [-0.4, -0.2) is 23.3 Å². The van der Waals surface area contributed by atoms with Crippen LogP contribution >= 0.6 is 39.1 Å². The molecule has 2 aromatic rings. The van der Waals surface area contributed by atoms with E-state index in [-0.39, 0.29) is 10.7 Å². The maximum Gasteiger partial charge on any atom is 0.339 e. The molecular formula is C9H5BrCl2N2O2. The van der Waals surface area contributed by atoms with Gasteiger partial charge in [0, 0.05) is 0 Å². The van der Waals surface area contributed by atoms with E-state index in [4.69, 9.17) is 23.2 Å². The molecular weight excluding hydrogens is 319 g/mol. The largest absolute Gasteiger partial charge is 0.465 e. The molecule has 0 amide bonds. The molecule has 0 unspecified atom stereocenters. The molecule has 4 nitrogen and oxygen atoms in total. The molecule has 0 saturated carbocycles. The third kappa shape index (κ3) is 1.69. The molecule has 7 heteroatoms. The van der Waals surface area contributed by atoms with E-state index < -0.39 is 5.97 Å². The van der Waals surface area contributed by atoms with E-state index in [0.29, 0.717) is 20.4 Å². The first-order valence-corrected chi connectivity index (χ1v) is 5.71. The monoisotopic (exact) mass is 322 g/mol. The van der Waals surface area contributed by atoms with Gasteiger partial charge in [0.2, 0.25) is 0 Å². The van der Waals surface area contributed by atoms with E-state index in [1.54, 1.807) is 6.07 Å². The van der Waals surface area contributed by atoms with Crippen molar-refractivity contribution in [3.8, 4) is 0 Å². The first-order chi connectivity index (χ1) is 7.56. The molecule has 0 fully saturated rings. The molecule has 1 aromatic heterocycles. The summed E-state index contributed by atoms with van der Waals surface area (Å²) in [6.45, 7) is 0. The standard InChI is InChI=1S/C9H5BrCl2N2O2/c1-16-9(15)6-5-4(13-14-8(5)12)2-3(11)7(6)10/h2H,1H3,(H,13,14). The molecule has 84 valence electrons. The Morgan fingerprint density at radius 3 is 2.88 bits per heavy atom. The molecule has 0 radical (unpaired) electrons. The van der Waals surface area contributed by atoms with Crippen molar-refractivity contribution in [1.29, 1.82) is 0 Å². The number of nitrogens with one attached hydrogen (secondary N) is 1. The topological polar surface area (TPSA) is 55.0 Å². The Morgan fingerprint density at radius 1 is 1.56 bits per heavy atom. The van der Waals surface area contributed by atoms with Crippen molar-refractivity contribution in [2.75, 3.05) is 7.11 Å². The third-order valence-electron chi connectivity index (χ3n) is 2.08. The van der Waals surface area contributed by atoms with Gasteiger partial charge in [-0.2, -0.15) is 5.10 Å². The maximum absolute atomic E-state index is 11.6. The Kier molecular flexibility index (Phi) is 3.10. The number of fused-ring (bicyclic) bond motifs is 1. The van der Waals surface area contributed by atoms with Gasteiger partial charge < -0.3 is 4.74 Å². The molecule has 1 N–H and O–H groups in total. The highest BCUT2D eigenvalue weighted by atomic mass is 79.9. The number of esters is 1. The van der Waals surface area contributed by atoms with Gasteiger partial charge in [-0.3, -0.25) is 5.10 Å². The van der Waals surface area contributed by atoms with Gasteiger partial charge in [0.25, 0.3) is 0 Å². The van der Waals surface area contributed by atoms with Gasteiger partial charge in [-0.1, -0.05) is 23.2 Å². The third-order valence-corrected chi connectivity index (χ3v) is 3.71. The molecule has 0 aliphatic heterocycles. The number of methoxy groups -OCH3 is 1. The minimum absolute atomic E-state index is 0.267. The Balaban J connectivity index is 2.90. The molecule has 1 heterocycles. The summed E-state index contributed by atoms with van der Waals surface area (Å²) in [5.41, 5.74) is 0.780. The van der Waals surface area contributed by atoms with Gasteiger partial charge in [0.15, 0.2) is 0 Å². The van der Waals surface area contributed by atoms with Crippen LogP contribution in [0.2, 0.25) is 10.2 Å². The number of halogens is 3. The summed E-state index contributed by atoms with van der Waals surface area (Å²) in [5.74, 6) is -0.525. The van der Waals surface area contributed by atoms with E-state index in [2.05, 4.69) is 30.9 Å². The number of hydrogen-bond donors (Lipinski definition) is 1. The van der Waals surface area contributed by atoms with E-state index in [1.165, 1.54) is 7.11 Å². The fourth-order valence-corrected chi connectivity index (χ4v) is 2.29. The summed E-state index contributed by atoms with van der Waals surface area (Å²) in [6.07, 6.45) is 0. The van der Waals surface area contributed by atoms with E-state index in [1.807, 2.05) is 0 Å². The lowest BCUT2D eigenvalue weighted by Crippen LogP contribution is -2.03. The van der Waals surface area contributed by atoms with E-state index >= 15 is 0 Å². The summed E-state index contributed by atoms with van der Waals surface area (Å²) >= 11 is 15.1. The number of carbonyl (C=O) groups is 1. The number of carbonyl (C=O) groups excluding carboxylic acids is 1. The lowest BCUT2D eigenvalue weighted by atomic mass is 10.1. The minimum Gasteiger partial charge on any atom is -0.465 e. The van der Waals surface area contributed by atoms with Crippen LogP contribution in [0, 0.1) is 0 Å². The van der Waals surface area contributed by atoms with Crippen molar-refractivity contribution < 1.29 is 9.53 Å². The number of aromatic nitrogens is 2. The average molecular weight is 324 g/mol. The first kappa shape index (κ1) is 11.7. The van der Waals surface area contributed by atoms with Crippen molar-refractivity contribution in [2.24, 2.45) is 0 Å². The number of rotatable bonds is 1. The lowest BCUT2D eigenvalue weighted by molar-refractivity contribution is 0.0602. The molecule has 0 aliphatic carbocycles. The van der Waals surface area contributed by atoms with E-state index in [9.17, 15) is 4.79 Å². The highest BCUT2D eigenvalue weighted by Crippen LogP contribution is 2.36. The molecule has 0 aliphatic rings. The van der Waals surface area contributed by atoms with Crippen molar-refractivity contribution in [3.05, 3.63) is 26.3 Å². The Labute approximate surface area is 109 Å². The van der Waals surface area contributed by atoms with Gasteiger partial charge >= 0.3 is 5.97 Å². The smallest absolute Gasteiger partial charge is 0.339 e. The number of hydrogen-bond acceptors (Lipinski definition) is 3. The number of aromatic amines is 1. The highest BCUT2D eigenvalue weighted by molar-refractivity contribution is 9.10. The average Bonchev–Trinajstić information content (AvgIpc) is 2.61. The molecule has 2 rings (SSSR count). The molecule has 0 spiro atoms.